The summed E-state index contributed by atoms with van der Waals surface area (Å²) in [6.07, 6.45) is 0. The molecule has 0 aliphatic carbocycles. The number of hydrogen-bond acceptors (Lipinski definition) is 5. The van der Waals surface area contributed by atoms with Gasteiger partial charge in [-0.15, -0.1) is 11.3 Å². The summed E-state index contributed by atoms with van der Waals surface area (Å²) in [5.74, 6) is -0.212. The van der Waals surface area contributed by atoms with Crippen LogP contribution in [0.3, 0.4) is 0 Å². The molecule has 8 heteroatoms. The Balaban J connectivity index is 1.73. The first-order valence-electron chi connectivity index (χ1n) is 8.31. The predicted octanol–water partition coefficient (Wildman–Crippen LogP) is 3.91. The lowest BCUT2D eigenvalue weighted by molar-refractivity contribution is 0.0993. The Labute approximate surface area is 164 Å². The molecule has 0 spiro atoms. The van der Waals surface area contributed by atoms with E-state index in [2.05, 4.69) is 10.1 Å². The third-order valence-corrected chi connectivity index (χ3v) is 4.98. The number of ether oxygens (including phenoxy) is 1. The molecule has 2 aromatic heterocycles. The van der Waals surface area contributed by atoms with Gasteiger partial charge >= 0.3 is 0 Å². The van der Waals surface area contributed by atoms with Crippen LogP contribution in [0.25, 0.3) is 27.6 Å². The number of aromatic nitrogens is 3. The minimum Gasteiger partial charge on any atom is -0.497 e. The third-order valence-electron chi connectivity index (χ3n) is 4.16. The Morgan fingerprint density at radius 2 is 1.71 bits per heavy atom. The van der Waals surface area contributed by atoms with Crippen LogP contribution in [0.1, 0.15) is 10.5 Å². The van der Waals surface area contributed by atoms with E-state index in [9.17, 15) is 9.18 Å². The van der Waals surface area contributed by atoms with Gasteiger partial charge in [0.1, 0.15) is 17.3 Å². The van der Waals surface area contributed by atoms with E-state index in [0.717, 1.165) is 17.0 Å². The SMILES string of the molecule is COc1ccc(-c2csc(-n3nc(-c4ccc(F)cc4)cc3C(N)=O)n2)cc1. The first kappa shape index (κ1) is 17.9. The molecule has 0 aliphatic rings. The molecule has 0 unspecified atom stereocenters. The normalized spacial score (nSPS) is 10.8. The summed E-state index contributed by atoms with van der Waals surface area (Å²) < 4.78 is 19.8. The lowest BCUT2D eigenvalue weighted by Gasteiger charge is -2.01. The van der Waals surface area contributed by atoms with Crippen molar-refractivity contribution >= 4 is 17.2 Å². The van der Waals surface area contributed by atoms with Crippen molar-refractivity contribution in [1.29, 1.82) is 0 Å². The molecule has 0 atom stereocenters. The van der Waals surface area contributed by atoms with Gasteiger partial charge in [0.2, 0.25) is 5.13 Å². The molecular formula is C20H15FN4O2S. The number of nitrogens with two attached hydrogens (primary N) is 1. The standard InChI is InChI=1S/C20H15FN4O2S/c1-27-15-8-4-13(5-9-15)17-11-28-20(23-17)25-18(19(22)26)10-16(24-25)12-2-6-14(21)7-3-12/h2-11H,1H3,(H2,22,26). The summed E-state index contributed by atoms with van der Waals surface area (Å²) in [6, 6.07) is 14.9. The quantitative estimate of drug-likeness (QED) is 0.556. The molecule has 1 amide bonds. The average Bonchev–Trinajstić information content (AvgIpc) is 3.36. The molecule has 0 saturated carbocycles. The Morgan fingerprint density at radius 3 is 2.36 bits per heavy atom. The van der Waals surface area contributed by atoms with Crippen molar-refractivity contribution in [1.82, 2.24) is 14.8 Å². The van der Waals surface area contributed by atoms with Crippen LogP contribution in [0.2, 0.25) is 0 Å². The molecule has 2 heterocycles. The van der Waals surface area contributed by atoms with Crippen molar-refractivity contribution < 1.29 is 13.9 Å². The number of carbonyl (C=O) groups excluding carboxylic acids is 1. The van der Waals surface area contributed by atoms with Gasteiger partial charge in [0.15, 0.2) is 0 Å². The Hall–Kier alpha value is -3.52. The highest BCUT2D eigenvalue weighted by Gasteiger charge is 2.18. The fourth-order valence-electron chi connectivity index (χ4n) is 2.72. The predicted molar refractivity (Wildman–Crippen MR) is 105 cm³/mol. The molecule has 0 radical (unpaired) electrons. The van der Waals surface area contributed by atoms with Gasteiger partial charge < -0.3 is 10.5 Å². The topological polar surface area (TPSA) is 83.0 Å². The van der Waals surface area contributed by atoms with Gasteiger partial charge in [-0.25, -0.2) is 9.37 Å². The van der Waals surface area contributed by atoms with E-state index in [0.29, 0.717) is 16.4 Å². The number of halogens is 1. The molecule has 6 nitrogen and oxygen atoms in total. The molecule has 2 N–H and O–H groups in total. The molecule has 4 aromatic rings. The van der Waals surface area contributed by atoms with Crippen molar-refractivity contribution in [3.63, 3.8) is 0 Å². The van der Waals surface area contributed by atoms with Crippen LogP contribution in [-0.2, 0) is 0 Å². The number of rotatable bonds is 5. The van der Waals surface area contributed by atoms with E-state index in [-0.39, 0.29) is 11.5 Å². The number of thiazole rings is 1. The van der Waals surface area contributed by atoms with Crippen LogP contribution in [0.15, 0.2) is 60.0 Å². The van der Waals surface area contributed by atoms with E-state index < -0.39 is 5.91 Å². The number of nitrogens with zero attached hydrogens (tertiary/aromatic N) is 3. The highest BCUT2D eigenvalue weighted by Crippen LogP contribution is 2.28. The first-order chi connectivity index (χ1) is 13.5. The fraction of sp³-hybridized carbons (Fsp3) is 0.0500. The van der Waals surface area contributed by atoms with Crippen LogP contribution in [0.5, 0.6) is 5.75 Å². The van der Waals surface area contributed by atoms with E-state index in [1.165, 1.54) is 28.2 Å². The Bertz CT molecular complexity index is 1130. The van der Waals surface area contributed by atoms with Crippen molar-refractivity contribution in [2.45, 2.75) is 0 Å². The smallest absolute Gasteiger partial charge is 0.267 e. The number of carbonyl (C=O) groups is 1. The molecule has 0 fully saturated rings. The summed E-state index contributed by atoms with van der Waals surface area (Å²) >= 11 is 1.34. The number of primary amides is 1. The van der Waals surface area contributed by atoms with Crippen molar-refractivity contribution in [2.75, 3.05) is 7.11 Å². The van der Waals surface area contributed by atoms with Gasteiger partial charge in [-0.2, -0.15) is 9.78 Å². The summed E-state index contributed by atoms with van der Waals surface area (Å²) in [7, 11) is 1.61. The molecule has 0 aliphatic heterocycles. The van der Waals surface area contributed by atoms with E-state index in [4.69, 9.17) is 10.5 Å². The second-order valence-corrected chi connectivity index (χ2v) is 6.78. The van der Waals surface area contributed by atoms with Gasteiger partial charge in [-0.1, -0.05) is 0 Å². The zero-order valence-electron chi connectivity index (χ0n) is 14.8. The summed E-state index contributed by atoms with van der Waals surface area (Å²) in [6.45, 7) is 0. The Morgan fingerprint density at radius 1 is 1.07 bits per heavy atom. The monoisotopic (exact) mass is 394 g/mol. The van der Waals surface area contributed by atoms with E-state index in [1.807, 2.05) is 29.6 Å². The highest BCUT2D eigenvalue weighted by molar-refractivity contribution is 7.12. The highest BCUT2D eigenvalue weighted by atomic mass is 32.1. The maximum Gasteiger partial charge on any atom is 0.267 e. The second kappa shape index (κ2) is 7.24. The van der Waals surface area contributed by atoms with Gasteiger partial charge in [-0.05, 0) is 54.6 Å². The maximum atomic E-state index is 13.2. The minimum absolute atomic E-state index is 0.204. The molecule has 140 valence electrons. The minimum atomic E-state index is -0.623. The van der Waals surface area contributed by atoms with Gasteiger partial charge in [-0.3, -0.25) is 4.79 Å². The van der Waals surface area contributed by atoms with Crippen LogP contribution >= 0.6 is 11.3 Å². The Kier molecular flexibility index (Phi) is 4.62. The van der Waals surface area contributed by atoms with Gasteiger partial charge in [0.25, 0.3) is 5.91 Å². The lowest BCUT2D eigenvalue weighted by Crippen LogP contribution is -2.16. The average molecular weight is 394 g/mol. The summed E-state index contributed by atoms with van der Waals surface area (Å²) in [4.78, 5) is 16.5. The molecule has 0 saturated heterocycles. The van der Waals surface area contributed by atoms with Crippen LogP contribution in [0, 0.1) is 5.82 Å². The number of hydrogen-bond donors (Lipinski definition) is 1. The van der Waals surface area contributed by atoms with E-state index in [1.54, 1.807) is 25.3 Å². The zero-order valence-corrected chi connectivity index (χ0v) is 15.6. The largest absolute Gasteiger partial charge is 0.497 e. The number of methoxy groups -OCH3 is 1. The van der Waals surface area contributed by atoms with Crippen LogP contribution in [0.4, 0.5) is 4.39 Å². The zero-order chi connectivity index (χ0) is 19.7. The summed E-state index contributed by atoms with van der Waals surface area (Å²) in [5, 5.41) is 6.84. The van der Waals surface area contributed by atoms with Crippen molar-refractivity contribution in [3.8, 4) is 33.4 Å². The molecule has 28 heavy (non-hydrogen) atoms. The number of benzene rings is 2. The van der Waals surface area contributed by atoms with Crippen LogP contribution in [-0.4, -0.2) is 27.8 Å². The van der Waals surface area contributed by atoms with Gasteiger partial charge in [0, 0.05) is 16.5 Å². The molecule has 2 aromatic carbocycles. The van der Waals surface area contributed by atoms with Crippen molar-refractivity contribution in [3.05, 3.63) is 71.5 Å². The number of amides is 1. The third kappa shape index (κ3) is 3.37. The van der Waals surface area contributed by atoms with Crippen molar-refractivity contribution in [2.24, 2.45) is 5.73 Å². The second-order valence-electron chi connectivity index (χ2n) is 5.94. The molecule has 0 bridgehead atoms. The fourth-order valence-corrected chi connectivity index (χ4v) is 3.52. The molecule has 4 rings (SSSR count). The first-order valence-corrected chi connectivity index (χ1v) is 9.19. The lowest BCUT2D eigenvalue weighted by atomic mass is 10.1. The molecular weight excluding hydrogens is 379 g/mol. The summed E-state index contributed by atoms with van der Waals surface area (Å²) in [5.41, 5.74) is 8.57. The van der Waals surface area contributed by atoms with Crippen LogP contribution < -0.4 is 10.5 Å². The van der Waals surface area contributed by atoms with Gasteiger partial charge in [0.05, 0.1) is 18.5 Å². The maximum absolute atomic E-state index is 13.2. The van der Waals surface area contributed by atoms with E-state index >= 15 is 0 Å².